The van der Waals surface area contributed by atoms with Crippen molar-refractivity contribution in [2.45, 2.75) is 18.8 Å². The molecule has 0 bridgehead atoms. The fraction of sp³-hybridized carbons (Fsp3) is 0.368. The van der Waals surface area contributed by atoms with E-state index in [4.69, 9.17) is 5.73 Å². The summed E-state index contributed by atoms with van der Waals surface area (Å²) in [4.78, 5) is 6.60. The predicted octanol–water partition coefficient (Wildman–Crippen LogP) is 3.18. The number of anilines is 3. The van der Waals surface area contributed by atoms with E-state index in [9.17, 15) is 0 Å². The van der Waals surface area contributed by atoms with Gasteiger partial charge in [-0.05, 0) is 42.8 Å². The van der Waals surface area contributed by atoms with Gasteiger partial charge in [0.25, 0.3) is 0 Å². The summed E-state index contributed by atoms with van der Waals surface area (Å²) in [5.74, 6) is 0. The van der Waals surface area contributed by atoms with Crippen molar-refractivity contribution in [3.05, 3.63) is 48.5 Å². The molecule has 130 valence electrons. The lowest BCUT2D eigenvalue weighted by molar-refractivity contribution is 0.649. The summed E-state index contributed by atoms with van der Waals surface area (Å²) in [6.45, 7) is 1.95. The van der Waals surface area contributed by atoms with Crippen LogP contribution < -0.4 is 20.4 Å². The largest absolute Gasteiger partial charge is 0.370 e. The smallest absolute Gasteiger partial charge is 0.218 e. The summed E-state index contributed by atoms with van der Waals surface area (Å²) < 4.78 is 0. The van der Waals surface area contributed by atoms with Crippen molar-refractivity contribution in [1.82, 2.24) is 0 Å². The fourth-order valence-corrected chi connectivity index (χ4v) is 3.59. The van der Waals surface area contributed by atoms with E-state index in [1.54, 1.807) is 0 Å². The summed E-state index contributed by atoms with van der Waals surface area (Å²) in [6.07, 6.45) is 0.941. The molecule has 1 saturated heterocycles. The highest BCUT2D eigenvalue weighted by Crippen LogP contribution is 2.38. The van der Waals surface area contributed by atoms with Crippen LogP contribution in [-0.2, 0) is 0 Å². The molecule has 25 heavy (non-hydrogen) atoms. The molecule has 2 aromatic carbocycles. The Hall–Kier alpha value is -2.60. The number of para-hydroxylation sites is 2. The summed E-state index contributed by atoms with van der Waals surface area (Å²) in [5.41, 5.74) is 10.4. The molecule has 2 N–H and O–H groups in total. The lowest BCUT2D eigenvalue weighted by atomic mass is 10.2. The molecule has 1 atom stereocenters. The first-order chi connectivity index (χ1) is 12.1. The molecule has 2 heterocycles. The average Bonchev–Trinajstić information content (AvgIpc) is 3.17. The van der Waals surface area contributed by atoms with Gasteiger partial charge in [-0.25, -0.2) is 0 Å². The highest BCUT2D eigenvalue weighted by molar-refractivity contribution is 5.76. The Morgan fingerprint density at radius 3 is 2.16 bits per heavy atom. The number of nitrogens with zero attached hydrogens (tertiary/aromatic N) is 5. The third-order valence-electron chi connectivity index (χ3n) is 5.05. The van der Waals surface area contributed by atoms with Crippen LogP contribution in [0, 0.1) is 0 Å². The van der Waals surface area contributed by atoms with Gasteiger partial charge in [-0.2, -0.15) is 5.11 Å². The molecular formula is C19H24N6. The van der Waals surface area contributed by atoms with Gasteiger partial charge in [0.05, 0.1) is 17.1 Å². The van der Waals surface area contributed by atoms with Crippen LogP contribution in [-0.4, -0.2) is 39.5 Å². The third-order valence-corrected chi connectivity index (χ3v) is 5.05. The van der Waals surface area contributed by atoms with Crippen molar-refractivity contribution in [2.75, 3.05) is 41.9 Å². The van der Waals surface area contributed by atoms with Crippen LogP contribution in [0.2, 0.25) is 0 Å². The maximum Gasteiger partial charge on any atom is 0.218 e. The zero-order valence-electron chi connectivity index (χ0n) is 14.7. The Morgan fingerprint density at radius 1 is 0.960 bits per heavy atom. The monoisotopic (exact) mass is 336 g/mol. The normalized spacial score (nSPS) is 20.8. The number of nitrogens with two attached hydrogens (primary N) is 1. The van der Waals surface area contributed by atoms with Gasteiger partial charge in [0.15, 0.2) is 0 Å². The van der Waals surface area contributed by atoms with Crippen LogP contribution in [0.4, 0.5) is 22.7 Å². The van der Waals surface area contributed by atoms with Crippen LogP contribution in [0.25, 0.3) is 0 Å². The molecule has 0 saturated carbocycles. The van der Waals surface area contributed by atoms with Gasteiger partial charge in [-0.3, -0.25) is 0 Å². The molecule has 0 spiro atoms. The number of hydrogen-bond donors (Lipinski definition) is 1. The van der Waals surface area contributed by atoms with Gasteiger partial charge in [0.2, 0.25) is 6.29 Å². The van der Waals surface area contributed by atoms with Gasteiger partial charge in [0, 0.05) is 38.9 Å². The van der Waals surface area contributed by atoms with Crippen molar-refractivity contribution < 1.29 is 0 Å². The molecule has 6 nitrogen and oxygen atoms in total. The number of hydrogen-bond acceptors (Lipinski definition) is 6. The van der Waals surface area contributed by atoms with Gasteiger partial charge in [0.1, 0.15) is 0 Å². The molecule has 4 rings (SSSR count). The maximum absolute atomic E-state index is 5.99. The van der Waals surface area contributed by atoms with Crippen LogP contribution >= 0.6 is 0 Å². The van der Waals surface area contributed by atoms with Gasteiger partial charge in [-0.1, -0.05) is 12.1 Å². The molecule has 0 aliphatic carbocycles. The molecular weight excluding hydrogens is 312 g/mol. The van der Waals surface area contributed by atoms with Crippen LogP contribution in [0.1, 0.15) is 6.42 Å². The zero-order chi connectivity index (χ0) is 17.4. The quantitative estimate of drug-likeness (QED) is 0.875. The Balaban J connectivity index is 1.47. The molecule has 0 amide bonds. The minimum atomic E-state index is -0.117. The van der Waals surface area contributed by atoms with E-state index in [-0.39, 0.29) is 12.3 Å². The van der Waals surface area contributed by atoms with E-state index in [1.165, 1.54) is 17.1 Å². The predicted molar refractivity (Wildman–Crippen MR) is 103 cm³/mol. The number of benzene rings is 2. The molecule has 6 heteroatoms. The van der Waals surface area contributed by atoms with Crippen molar-refractivity contribution in [3.8, 4) is 0 Å². The first-order valence-corrected chi connectivity index (χ1v) is 8.69. The van der Waals surface area contributed by atoms with E-state index in [0.29, 0.717) is 0 Å². The summed E-state index contributed by atoms with van der Waals surface area (Å²) >= 11 is 0. The fourth-order valence-electron chi connectivity index (χ4n) is 3.59. The SMILES string of the molecule is CN1c2ccccc2N(C)C1N=Nc1ccc(N2CCC(N)C2)cc1. The van der Waals surface area contributed by atoms with E-state index in [0.717, 1.165) is 25.2 Å². The second-order valence-electron chi connectivity index (χ2n) is 6.78. The summed E-state index contributed by atoms with van der Waals surface area (Å²) in [7, 11) is 4.09. The molecule has 2 aliphatic heterocycles. The van der Waals surface area contributed by atoms with Gasteiger partial charge in [-0.15, -0.1) is 5.11 Å². The lowest BCUT2D eigenvalue weighted by Gasteiger charge is -2.22. The maximum atomic E-state index is 5.99. The van der Waals surface area contributed by atoms with Crippen LogP contribution in [0.15, 0.2) is 58.8 Å². The molecule has 1 fully saturated rings. The first-order valence-electron chi connectivity index (χ1n) is 8.69. The molecule has 1 unspecified atom stereocenters. The summed E-state index contributed by atoms with van der Waals surface area (Å²) in [5, 5.41) is 9.01. The Bertz CT molecular complexity index is 743. The van der Waals surface area contributed by atoms with Crippen LogP contribution in [0.3, 0.4) is 0 Å². The second-order valence-corrected chi connectivity index (χ2v) is 6.78. The number of fused-ring (bicyclic) bond motifs is 1. The highest BCUT2D eigenvalue weighted by Gasteiger charge is 2.30. The Labute approximate surface area is 148 Å². The Morgan fingerprint density at radius 2 is 1.60 bits per heavy atom. The summed E-state index contributed by atoms with van der Waals surface area (Å²) in [6, 6.07) is 16.8. The van der Waals surface area contributed by atoms with Gasteiger partial charge < -0.3 is 20.4 Å². The Kier molecular flexibility index (Phi) is 4.05. The van der Waals surface area contributed by atoms with E-state index in [2.05, 4.69) is 49.2 Å². The van der Waals surface area contributed by atoms with E-state index >= 15 is 0 Å². The van der Waals surface area contributed by atoms with E-state index < -0.39 is 0 Å². The molecule has 2 aromatic rings. The topological polar surface area (TPSA) is 60.5 Å². The number of azo groups is 1. The lowest BCUT2D eigenvalue weighted by Crippen LogP contribution is -2.36. The first kappa shape index (κ1) is 15.9. The standard InChI is InChI=1S/C19H24N6/c1-23-17-5-3-4-6-18(17)24(2)19(23)22-21-15-7-9-16(10-8-15)25-12-11-14(20)13-25/h3-10,14,19H,11-13,20H2,1-2H3. The average molecular weight is 336 g/mol. The zero-order valence-corrected chi connectivity index (χ0v) is 14.7. The van der Waals surface area contributed by atoms with Crippen molar-refractivity contribution in [3.63, 3.8) is 0 Å². The molecule has 2 aliphatic rings. The van der Waals surface area contributed by atoms with Crippen LogP contribution in [0.5, 0.6) is 0 Å². The number of rotatable bonds is 3. The molecule has 0 radical (unpaired) electrons. The van der Waals surface area contributed by atoms with Gasteiger partial charge >= 0.3 is 0 Å². The van der Waals surface area contributed by atoms with Crippen molar-refractivity contribution in [2.24, 2.45) is 16.0 Å². The van der Waals surface area contributed by atoms with Crippen molar-refractivity contribution >= 4 is 22.7 Å². The van der Waals surface area contributed by atoms with Crippen molar-refractivity contribution in [1.29, 1.82) is 0 Å². The third kappa shape index (κ3) is 2.93. The van der Waals surface area contributed by atoms with E-state index in [1.807, 2.05) is 38.4 Å². The molecule has 0 aromatic heterocycles. The minimum absolute atomic E-state index is 0.117. The highest BCUT2D eigenvalue weighted by atomic mass is 15.5. The minimum Gasteiger partial charge on any atom is -0.370 e. The second kappa shape index (κ2) is 6.37.